The van der Waals surface area contributed by atoms with Gasteiger partial charge in [0.25, 0.3) is 11.7 Å². The highest BCUT2D eigenvalue weighted by Crippen LogP contribution is 2.43. The highest BCUT2D eigenvalue weighted by Gasteiger charge is 2.47. The molecule has 2 aromatic rings. The number of hydrogen-bond acceptors (Lipinski definition) is 6. The summed E-state index contributed by atoms with van der Waals surface area (Å²) in [5.74, 6) is -2.13. The zero-order chi connectivity index (χ0) is 24.1. The minimum atomic E-state index is -0.923. The van der Waals surface area contributed by atoms with Crippen molar-refractivity contribution in [2.75, 3.05) is 27.4 Å². The van der Waals surface area contributed by atoms with Crippen LogP contribution in [0.5, 0.6) is 11.5 Å². The van der Waals surface area contributed by atoms with Crippen molar-refractivity contribution >= 4 is 17.4 Å². The van der Waals surface area contributed by atoms with Crippen LogP contribution < -0.4 is 9.47 Å². The molecule has 8 heteroatoms. The van der Waals surface area contributed by atoms with Gasteiger partial charge in [0.1, 0.15) is 23.1 Å². The van der Waals surface area contributed by atoms with Crippen LogP contribution in [0.2, 0.25) is 0 Å². The molecule has 1 aliphatic rings. The number of nitrogens with zero attached hydrogens (tertiary/aromatic N) is 1. The van der Waals surface area contributed by atoms with Gasteiger partial charge in [0.05, 0.1) is 37.5 Å². The lowest BCUT2D eigenvalue weighted by Crippen LogP contribution is -2.31. The van der Waals surface area contributed by atoms with Gasteiger partial charge < -0.3 is 24.2 Å². The van der Waals surface area contributed by atoms with Gasteiger partial charge in [-0.05, 0) is 44.5 Å². The molecule has 2 aromatic carbocycles. The van der Waals surface area contributed by atoms with E-state index in [2.05, 4.69) is 0 Å². The number of hydrogen-bond donors (Lipinski definition) is 1. The summed E-state index contributed by atoms with van der Waals surface area (Å²) >= 11 is 0. The van der Waals surface area contributed by atoms with Crippen LogP contribution in [0.4, 0.5) is 4.39 Å². The summed E-state index contributed by atoms with van der Waals surface area (Å²) in [5, 5.41) is 11.2. The normalized spacial score (nSPS) is 17.6. The maximum absolute atomic E-state index is 14.0. The van der Waals surface area contributed by atoms with Gasteiger partial charge in [-0.1, -0.05) is 18.2 Å². The number of rotatable bonds is 9. The highest BCUT2D eigenvalue weighted by atomic mass is 19.1. The van der Waals surface area contributed by atoms with Crippen molar-refractivity contribution in [2.45, 2.75) is 32.4 Å². The summed E-state index contributed by atoms with van der Waals surface area (Å²) in [6.45, 7) is 4.44. The maximum Gasteiger partial charge on any atom is 0.295 e. The molecule has 3 rings (SSSR count). The van der Waals surface area contributed by atoms with E-state index in [0.717, 1.165) is 6.07 Å². The summed E-state index contributed by atoms with van der Waals surface area (Å²) in [6, 6.07) is 9.62. The lowest BCUT2D eigenvalue weighted by molar-refractivity contribution is -0.140. The highest BCUT2D eigenvalue weighted by molar-refractivity contribution is 6.46. The second-order valence-corrected chi connectivity index (χ2v) is 7.85. The molecule has 0 radical (unpaired) electrons. The van der Waals surface area contributed by atoms with Crippen molar-refractivity contribution in [3.05, 3.63) is 65.0 Å². The summed E-state index contributed by atoms with van der Waals surface area (Å²) < 4.78 is 30.3. The van der Waals surface area contributed by atoms with Gasteiger partial charge >= 0.3 is 0 Å². The molecular formula is C25H28FNO6. The molecule has 1 aliphatic heterocycles. The Balaban J connectivity index is 2.15. The van der Waals surface area contributed by atoms with Crippen molar-refractivity contribution in [2.24, 2.45) is 0 Å². The third-order valence-electron chi connectivity index (χ3n) is 5.38. The van der Waals surface area contributed by atoms with E-state index in [9.17, 15) is 19.1 Å². The molecule has 33 heavy (non-hydrogen) atoms. The Morgan fingerprint density at radius 3 is 2.45 bits per heavy atom. The van der Waals surface area contributed by atoms with Crippen LogP contribution >= 0.6 is 0 Å². The Morgan fingerprint density at radius 2 is 1.79 bits per heavy atom. The number of benzene rings is 2. The number of carbonyl (C=O) groups is 2. The van der Waals surface area contributed by atoms with Gasteiger partial charge in [0, 0.05) is 18.7 Å². The molecule has 0 bridgehead atoms. The first-order valence-corrected chi connectivity index (χ1v) is 10.7. The average molecular weight is 457 g/mol. The van der Waals surface area contributed by atoms with E-state index >= 15 is 0 Å². The minimum Gasteiger partial charge on any atom is -0.507 e. The number of para-hydroxylation sites is 1. The lowest BCUT2D eigenvalue weighted by Gasteiger charge is -2.26. The van der Waals surface area contributed by atoms with Crippen LogP contribution in [0.3, 0.4) is 0 Å². The Bertz CT molecular complexity index is 1060. The number of aliphatic hydroxyl groups is 1. The summed E-state index contributed by atoms with van der Waals surface area (Å²) in [7, 11) is 2.85. The predicted octanol–water partition coefficient (Wildman–Crippen LogP) is 4.08. The molecular weight excluding hydrogens is 429 g/mol. The standard InChI is InChI=1S/C25H28FNO6/c1-15(2)33-13-7-12-27-22(17-8-5-6-9-19(17)31-3)21(24(29)25(27)30)23(28)18-14-16(26)10-11-20(18)32-4/h5-6,8-11,14-15,22,28H,7,12-13H2,1-4H3/b23-21+. The molecule has 1 saturated heterocycles. The smallest absolute Gasteiger partial charge is 0.295 e. The molecule has 1 N–H and O–H groups in total. The van der Waals surface area contributed by atoms with E-state index in [0.29, 0.717) is 24.3 Å². The largest absolute Gasteiger partial charge is 0.507 e. The van der Waals surface area contributed by atoms with Crippen LogP contribution in [0, 0.1) is 5.82 Å². The number of Topliss-reactive ketones (excluding diaryl/α,β-unsaturated/α-hetero) is 1. The van der Waals surface area contributed by atoms with Crippen LogP contribution in [0.25, 0.3) is 5.76 Å². The molecule has 7 nitrogen and oxygen atoms in total. The first kappa shape index (κ1) is 24.3. The number of amides is 1. The molecule has 1 atom stereocenters. The molecule has 0 aliphatic carbocycles. The topological polar surface area (TPSA) is 85.3 Å². The number of methoxy groups -OCH3 is 2. The second kappa shape index (κ2) is 10.5. The quantitative estimate of drug-likeness (QED) is 0.264. The number of ether oxygens (including phenoxy) is 3. The van der Waals surface area contributed by atoms with E-state index in [4.69, 9.17) is 14.2 Å². The Morgan fingerprint density at radius 1 is 1.09 bits per heavy atom. The fraction of sp³-hybridized carbons (Fsp3) is 0.360. The van der Waals surface area contributed by atoms with Gasteiger partial charge in [-0.25, -0.2) is 4.39 Å². The molecule has 0 spiro atoms. The van der Waals surface area contributed by atoms with E-state index in [1.54, 1.807) is 24.3 Å². The minimum absolute atomic E-state index is 0.0152. The van der Waals surface area contributed by atoms with Crippen molar-refractivity contribution in [3.63, 3.8) is 0 Å². The zero-order valence-corrected chi connectivity index (χ0v) is 19.1. The van der Waals surface area contributed by atoms with Crippen LogP contribution in [0.15, 0.2) is 48.0 Å². The average Bonchev–Trinajstić information content (AvgIpc) is 3.05. The molecule has 1 unspecified atom stereocenters. The van der Waals surface area contributed by atoms with E-state index < -0.39 is 29.3 Å². The maximum atomic E-state index is 14.0. The Hall–Kier alpha value is -3.39. The monoisotopic (exact) mass is 457 g/mol. The first-order chi connectivity index (χ1) is 15.8. The molecule has 0 aromatic heterocycles. The zero-order valence-electron chi connectivity index (χ0n) is 19.1. The fourth-order valence-electron chi connectivity index (χ4n) is 3.89. The Kier molecular flexibility index (Phi) is 7.71. The summed E-state index contributed by atoms with van der Waals surface area (Å²) in [4.78, 5) is 27.5. The molecule has 0 saturated carbocycles. The van der Waals surface area contributed by atoms with Crippen molar-refractivity contribution < 1.29 is 33.3 Å². The van der Waals surface area contributed by atoms with Gasteiger partial charge in [-0.2, -0.15) is 0 Å². The van der Waals surface area contributed by atoms with E-state index in [1.807, 2.05) is 13.8 Å². The third kappa shape index (κ3) is 5.01. The van der Waals surface area contributed by atoms with Gasteiger partial charge in [-0.3, -0.25) is 9.59 Å². The molecule has 1 amide bonds. The van der Waals surface area contributed by atoms with Gasteiger partial charge in [0.15, 0.2) is 0 Å². The van der Waals surface area contributed by atoms with Gasteiger partial charge in [0.2, 0.25) is 0 Å². The van der Waals surface area contributed by atoms with E-state index in [-0.39, 0.29) is 29.5 Å². The Labute approximate surface area is 192 Å². The number of halogens is 1. The van der Waals surface area contributed by atoms with Gasteiger partial charge in [-0.15, -0.1) is 0 Å². The van der Waals surface area contributed by atoms with Crippen molar-refractivity contribution in [1.29, 1.82) is 0 Å². The fourth-order valence-corrected chi connectivity index (χ4v) is 3.89. The number of carbonyl (C=O) groups excluding carboxylic acids is 2. The summed E-state index contributed by atoms with van der Waals surface area (Å²) in [5.41, 5.74) is 0.359. The number of ketones is 1. The number of likely N-dealkylation sites (tertiary alicyclic amines) is 1. The summed E-state index contributed by atoms with van der Waals surface area (Å²) in [6.07, 6.45) is 0.519. The second-order valence-electron chi connectivity index (χ2n) is 7.85. The van der Waals surface area contributed by atoms with Crippen LogP contribution in [0.1, 0.15) is 37.4 Å². The van der Waals surface area contributed by atoms with Crippen LogP contribution in [-0.4, -0.2) is 55.2 Å². The first-order valence-electron chi connectivity index (χ1n) is 10.7. The van der Waals surface area contributed by atoms with Crippen molar-refractivity contribution in [3.8, 4) is 11.5 Å². The molecule has 1 heterocycles. The van der Waals surface area contributed by atoms with Crippen LogP contribution in [-0.2, 0) is 14.3 Å². The lowest BCUT2D eigenvalue weighted by atomic mass is 9.94. The number of aliphatic hydroxyl groups excluding tert-OH is 1. The third-order valence-corrected chi connectivity index (χ3v) is 5.38. The predicted molar refractivity (Wildman–Crippen MR) is 121 cm³/mol. The van der Waals surface area contributed by atoms with E-state index in [1.165, 1.54) is 31.3 Å². The SMILES string of the molecule is COc1ccc(F)cc1/C(O)=C1\C(=O)C(=O)N(CCCOC(C)C)C1c1ccccc1OC. The molecule has 176 valence electrons. The molecule has 1 fully saturated rings. The van der Waals surface area contributed by atoms with Crippen molar-refractivity contribution in [1.82, 2.24) is 4.90 Å².